The zero-order valence-corrected chi connectivity index (χ0v) is 12.3. The fourth-order valence-electron chi connectivity index (χ4n) is 3.01. The third-order valence-corrected chi connectivity index (χ3v) is 4.63. The van der Waals surface area contributed by atoms with Crippen LogP contribution in [0.15, 0.2) is 24.3 Å². The van der Waals surface area contributed by atoms with Crippen LogP contribution in [-0.2, 0) is 9.47 Å². The van der Waals surface area contributed by atoms with Crippen molar-refractivity contribution >= 4 is 22.6 Å². The molecule has 1 aromatic carbocycles. The van der Waals surface area contributed by atoms with Gasteiger partial charge in [0.2, 0.25) is 0 Å². The van der Waals surface area contributed by atoms with E-state index in [1.165, 1.54) is 9.13 Å². The summed E-state index contributed by atoms with van der Waals surface area (Å²) in [5.74, 6) is -0.354. The molecule has 1 aliphatic heterocycles. The third-order valence-electron chi connectivity index (χ3n) is 3.91. The van der Waals surface area contributed by atoms with E-state index in [0.29, 0.717) is 13.2 Å². The molecule has 2 atom stereocenters. The van der Waals surface area contributed by atoms with E-state index < -0.39 is 5.79 Å². The van der Waals surface area contributed by atoms with Gasteiger partial charge in [-0.1, -0.05) is 12.1 Å². The van der Waals surface area contributed by atoms with Crippen LogP contribution in [0.5, 0.6) is 0 Å². The molecule has 3 nitrogen and oxygen atoms in total. The first-order valence-electron chi connectivity index (χ1n) is 6.41. The Labute approximate surface area is 121 Å². The van der Waals surface area contributed by atoms with Crippen LogP contribution in [0.25, 0.3) is 0 Å². The maximum atomic E-state index is 9.93. The molecule has 0 amide bonds. The van der Waals surface area contributed by atoms with Crippen LogP contribution in [0.4, 0.5) is 0 Å². The van der Waals surface area contributed by atoms with Crippen molar-refractivity contribution in [2.24, 2.45) is 0 Å². The molecule has 0 radical (unpaired) electrons. The van der Waals surface area contributed by atoms with Crippen molar-refractivity contribution in [2.75, 3.05) is 13.2 Å². The highest BCUT2D eigenvalue weighted by atomic mass is 127. The molecule has 2 aliphatic rings. The quantitative estimate of drug-likeness (QED) is 0.783. The fraction of sp³-hybridized carbons (Fsp3) is 0.571. The minimum absolute atomic E-state index is 0.140. The molecule has 1 heterocycles. The van der Waals surface area contributed by atoms with Crippen LogP contribution in [-0.4, -0.2) is 30.2 Å². The highest BCUT2D eigenvalue weighted by Crippen LogP contribution is 2.46. The maximum absolute atomic E-state index is 9.93. The van der Waals surface area contributed by atoms with Crippen molar-refractivity contribution < 1.29 is 14.6 Å². The highest BCUT2D eigenvalue weighted by molar-refractivity contribution is 14.1. The van der Waals surface area contributed by atoms with E-state index in [0.717, 1.165) is 19.3 Å². The minimum atomic E-state index is -0.494. The summed E-state index contributed by atoms with van der Waals surface area (Å²) in [6.07, 6.45) is 2.03. The topological polar surface area (TPSA) is 38.7 Å². The van der Waals surface area contributed by atoms with Crippen LogP contribution < -0.4 is 0 Å². The summed E-state index contributed by atoms with van der Waals surface area (Å²) in [5, 5.41) is 9.93. The maximum Gasteiger partial charge on any atom is 0.175 e. The summed E-state index contributed by atoms with van der Waals surface area (Å²) in [6.45, 7) is 1.33. The predicted octanol–water partition coefficient (Wildman–Crippen LogP) is 2.66. The Bertz CT molecular complexity index is 412. The van der Waals surface area contributed by atoms with Crippen molar-refractivity contribution in [3.8, 4) is 0 Å². The Kier molecular flexibility index (Phi) is 3.62. The van der Waals surface area contributed by atoms with Crippen molar-refractivity contribution in [2.45, 2.75) is 37.1 Å². The molecule has 1 saturated heterocycles. The Balaban J connectivity index is 1.92. The summed E-state index contributed by atoms with van der Waals surface area (Å²) in [5.41, 5.74) is 1.20. The van der Waals surface area contributed by atoms with Gasteiger partial charge in [0.25, 0.3) is 0 Å². The van der Waals surface area contributed by atoms with E-state index in [2.05, 4.69) is 46.9 Å². The zero-order chi connectivity index (χ0) is 12.6. The number of halogens is 1. The molecule has 0 bridgehead atoms. The second-order valence-electron chi connectivity index (χ2n) is 5.04. The van der Waals surface area contributed by atoms with E-state index in [1.54, 1.807) is 0 Å². The lowest BCUT2D eigenvalue weighted by Crippen LogP contribution is -2.43. The molecule has 1 aliphatic carbocycles. The molecule has 4 heteroatoms. The van der Waals surface area contributed by atoms with Crippen LogP contribution in [0, 0.1) is 3.57 Å². The summed E-state index contributed by atoms with van der Waals surface area (Å²) >= 11 is 2.30. The molecule has 2 fully saturated rings. The number of hydrogen-bond acceptors (Lipinski definition) is 3. The van der Waals surface area contributed by atoms with Crippen LogP contribution in [0.3, 0.4) is 0 Å². The normalized spacial score (nSPS) is 30.8. The van der Waals surface area contributed by atoms with Crippen molar-refractivity contribution in [1.82, 2.24) is 0 Å². The minimum Gasteiger partial charge on any atom is -0.393 e. The molecule has 1 saturated carbocycles. The zero-order valence-electron chi connectivity index (χ0n) is 10.1. The highest BCUT2D eigenvalue weighted by Gasteiger charge is 2.48. The standard InChI is InChI=1S/C14H17IO3/c15-11-3-1-10(2-4-11)13-9-12(16)5-6-14(13)17-7-8-18-14/h1-4,12-13,16H,5-9H2. The molecule has 98 valence electrons. The summed E-state index contributed by atoms with van der Waals surface area (Å²) in [6, 6.07) is 8.44. The molecule has 0 aromatic heterocycles. The van der Waals surface area contributed by atoms with Gasteiger partial charge in [0.05, 0.1) is 19.3 Å². The van der Waals surface area contributed by atoms with Crippen LogP contribution in [0.1, 0.15) is 30.7 Å². The molecule has 1 N–H and O–H groups in total. The largest absolute Gasteiger partial charge is 0.393 e. The smallest absolute Gasteiger partial charge is 0.175 e. The van der Waals surface area contributed by atoms with Gasteiger partial charge in [0, 0.05) is 15.9 Å². The van der Waals surface area contributed by atoms with Gasteiger partial charge in [0.15, 0.2) is 5.79 Å². The van der Waals surface area contributed by atoms with E-state index >= 15 is 0 Å². The van der Waals surface area contributed by atoms with Gasteiger partial charge < -0.3 is 14.6 Å². The Morgan fingerprint density at radius 1 is 1.17 bits per heavy atom. The Morgan fingerprint density at radius 3 is 2.50 bits per heavy atom. The number of aliphatic hydroxyl groups excluding tert-OH is 1. The number of aliphatic hydroxyl groups is 1. The number of benzene rings is 1. The SMILES string of the molecule is OC1CCC2(OCCO2)C(c2ccc(I)cc2)C1. The van der Waals surface area contributed by atoms with E-state index in [1.807, 2.05) is 0 Å². The average Bonchev–Trinajstić information content (AvgIpc) is 2.83. The number of rotatable bonds is 1. The van der Waals surface area contributed by atoms with Crippen molar-refractivity contribution in [1.29, 1.82) is 0 Å². The monoisotopic (exact) mass is 360 g/mol. The molecule has 1 spiro atoms. The summed E-state index contributed by atoms with van der Waals surface area (Å²) in [4.78, 5) is 0. The average molecular weight is 360 g/mol. The lowest BCUT2D eigenvalue weighted by molar-refractivity contribution is -0.202. The third kappa shape index (κ3) is 2.31. The van der Waals surface area contributed by atoms with E-state index in [9.17, 15) is 5.11 Å². The number of hydrogen-bond donors (Lipinski definition) is 1. The lowest BCUT2D eigenvalue weighted by Gasteiger charge is -2.41. The number of ether oxygens (including phenoxy) is 2. The first-order valence-corrected chi connectivity index (χ1v) is 7.49. The first kappa shape index (κ1) is 12.8. The summed E-state index contributed by atoms with van der Waals surface area (Å²) in [7, 11) is 0. The molecular weight excluding hydrogens is 343 g/mol. The molecule has 18 heavy (non-hydrogen) atoms. The Morgan fingerprint density at radius 2 is 1.83 bits per heavy atom. The molecule has 2 unspecified atom stereocenters. The molecule has 1 aromatic rings. The van der Waals surface area contributed by atoms with Gasteiger partial charge in [-0.05, 0) is 53.1 Å². The summed E-state index contributed by atoms with van der Waals surface area (Å²) < 4.78 is 13.0. The second kappa shape index (κ2) is 5.07. The van der Waals surface area contributed by atoms with Gasteiger partial charge in [-0.15, -0.1) is 0 Å². The van der Waals surface area contributed by atoms with Gasteiger partial charge in [-0.25, -0.2) is 0 Å². The molecular formula is C14H17IO3. The first-order chi connectivity index (χ1) is 8.70. The van der Waals surface area contributed by atoms with Crippen molar-refractivity contribution in [3.05, 3.63) is 33.4 Å². The van der Waals surface area contributed by atoms with Gasteiger partial charge in [0.1, 0.15) is 0 Å². The predicted molar refractivity (Wildman–Crippen MR) is 76.4 cm³/mol. The Hall–Kier alpha value is -0.170. The lowest BCUT2D eigenvalue weighted by atomic mass is 9.77. The van der Waals surface area contributed by atoms with Gasteiger partial charge >= 0.3 is 0 Å². The van der Waals surface area contributed by atoms with E-state index in [-0.39, 0.29) is 12.0 Å². The van der Waals surface area contributed by atoms with Gasteiger partial charge in [-0.3, -0.25) is 0 Å². The van der Waals surface area contributed by atoms with Crippen LogP contribution >= 0.6 is 22.6 Å². The van der Waals surface area contributed by atoms with Gasteiger partial charge in [-0.2, -0.15) is 0 Å². The van der Waals surface area contributed by atoms with E-state index in [4.69, 9.17) is 9.47 Å². The van der Waals surface area contributed by atoms with Crippen molar-refractivity contribution in [3.63, 3.8) is 0 Å². The van der Waals surface area contributed by atoms with Crippen LogP contribution in [0.2, 0.25) is 0 Å². The second-order valence-corrected chi connectivity index (χ2v) is 6.29. The molecule has 3 rings (SSSR count). The fourth-order valence-corrected chi connectivity index (χ4v) is 3.37.